The maximum Gasteiger partial charge on any atom is 0.244 e. The number of hydrogen-bond donors (Lipinski definition) is 1. The Morgan fingerprint density at radius 2 is 1.40 bits per heavy atom. The van der Waals surface area contributed by atoms with E-state index < -0.39 is 13.9 Å². The Morgan fingerprint density at radius 3 is 1.84 bits per heavy atom. The predicted octanol–water partition coefficient (Wildman–Crippen LogP) is 6.20. The van der Waals surface area contributed by atoms with Crippen LogP contribution in [0.25, 0.3) is 0 Å². The predicted molar refractivity (Wildman–Crippen MR) is 103 cm³/mol. The van der Waals surface area contributed by atoms with Crippen molar-refractivity contribution in [3.63, 3.8) is 0 Å². The highest BCUT2D eigenvalue weighted by Crippen LogP contribution is 2.37. The first-order valence-electron chi connectivity index (χ1n) is 9.94. The van der Waals surface area contributed by atoms with Crippen LogP contribution in [0.1, 0.15) is 84.0 Å². The minimum absolute atomic E-state index is 0.0472. The lowest BCUT2D eigenvalue weighted by Crippen LogP contribution is -2.36. The van der Waals surface area contributed by atoms with Crippen LogP contribution in [0.3, 0.4) is 0 Å². The summed E-state index contributed by atoms with van der Waals surface area (Å²) in [7, 11) is -3.00. The number of Topliss-reactive ketones (excluding diaryl/α,β-unsaturated/α-hetero) is 2. The topological polar surface area (TPSA) is 54.4 Å². The van der Waals surface area contributed by atoms with Crippen LogP contribution < -0.4 is 0 Å². The maximum absolute atomic E-state index is 14.1. The van der Waals surface area contributed by atoms with Gasteiger partial charge in [0.1, 0.15) is 5.76 Å². The van der Waals surface area contributed by atoms with Gasteiger partial charge in [-0.15, -0.1) is 0 Å². The molecular formula is C20H35FO3Si. The summed E-state index contributed by atoms with van der Waals surface area (Å²) in [6, 6.07) is 0. The molecule has 1 saturated carbocycles. The van der Waals surface area contributed by atoms with Crippen molar-refractivity contribution in [2.75, 3.05) is 0 Å². The highest BCUT2D eigenvalue weighted by Gasteiger charge is 2.42. The van der Waals surface area contributed by atoms with Crippen LogP contribution >= 0.6 is 0 Å². The van der Waals surface area contributed by atoms with E-state index in [1.54, 1.807) is 0 Å². The summed E-state index contributed by atoms with van der Waals surface area (Å²) in [6.07, 6.45) is 11.1. The first kappa shape index (κ1) is 22.1. The van der Waals surface area contributed by atoms with E-state index in [2.05, 4.69) is 6.92 Å². The normalized spacial score (nSPS) is 18.7. The number of hydrogen-bond acceptors (Lipinski definition) is 3. The Kier molecular flexibility index (Phi) is 9.61. The molecule has 1 N–H and O–H groups in total. The average molecular weight is 371 g/mol. The summed E-state index contributed by atoms with van der Waals surface area (Å²) in [5, 5.41) is 10.2. The van der Waals surface area contributed by atoms with Gasteiger partial charge in [-0.05, 0) is 25.1 Å². The Morgan fingerprint density at radius 1 is 0.960 bits per heavy atom. The van der Waals surface area contributed by atoms with Crippen LogP contribution in [-0.2, 0) is 9.59 Å². The third-order valence-corrected chi connectivity index (χ3v) is 7.55. The lowest BCUT2D eigenvalue weighted by atomic mass is 9.89. The molecule has 0 spiro atoms. The zero-order chi connectivity index (χ0) is 18.9. The van der Waals surface area contributed by atoms with Gasteiger partial charge in [-0.3, -0.25) is 9.59 Å². The van der Waals surface area contributed by atoms with E-state index >= 15 is 0 Å². The zero-order valence-corrected chi connectivity index (χ0v) is 17.2. The SMILES string of the molecule is CCCCCCCCCCCC(O)=C1C(=O)CC([Si](C)(C)F)CC1=O. The van der Waals surface area contributed by atoms with Crippen molar-refractivity contribution in [1.29, 1.82) is 0 Å². The molecule has 0 radical (unpaired) electrons. The Labute approximate surface area is 153 Å². The molecule has 0 aromatic heterocycles. The smallest absolute Gasteiger partial charge is 0.244 e. The van der Waals surface area contributed by atoms with Gasteiger partial charge in [-0.1, -0.05) is 58.3 Å². The van der Waals surface area contributed by atoms with E-state index in [4.69, 9.17) is 0 Å². The molecule has 0 aliphatic heterocycles. The number of rotatable bonds is 11. The summed E-state index contributed by atoms with van der Waals surface area (Å²) in [5.74, 6) is -0.810. The molecular weight excluding hydrogens is 335 g/mol. The van der Waals surface area contributed by atoms with Crippen molar-refractivity contribution in [2.45, 2.75) is 103 Å². The number of allylic oxidation sites excluding steroid dienone is 2. The fourth-order valence-corrected chi connectivity index (χ4v) is 4.76. The van der Waals surface area contributed by atoms with Gasteiger partial charge in [0, 0.05) is 19.3 Å². The van der Waals surface area contributed by atoms with Crippen molar-refractivity contribution >= 4 is 20.0 Å². The van der Waals surface area contributed by atoms with Crippen molar-refractivity contribution in [2.24, 2.45) is 0 Å². The Bertz CT molecular complexity index is 460. The molecule has 3 nitrogen and oxygen atoms in total. The molecule has 144 valence electrons. The number of aliphatic hydroxyl groups excluding tert-OH is 1. The van der Waals surface area contributed by atoms with E-state index in [0.717, 1.165) is 19.3 Å². The molecule has 0 aromatic rings. The standard InChI is InChI=1S/C20H35FO3Si/c1-4-5-6-7-8-9-10-11-12-13-17(22)20-18(23)14-16(15-19(20)24)25(2,3)21/h16,22H,4-15H2,1-3H3. The quantitative estimate of drug-likeness (QED) is 0.118. The average Bonchev–Trinajstić information content (AvgIpc) is 2.51. The number of aliphatic hydroxyl groups is 1. The number of ketones is 2. The second kappa shape index (κ2) is 10.9. The number of unbranched alkanes of at least 4 members (excludes halogenated alkanes) is 8. The summed E-state index contributed by atoms with van der Waals surface area (Å²) >= 11 is 0. The lowest BCUT2D eigenvalue weighted by molar-refractivity contribution is -0.124. The summed E-state index contributed by atoms with van der Waals surface area (Å²) in [6.45, 7) is 5.29. The van der Waals surface area contributed by atoms with Gasteiger partial charge < -0.3 is 9.21 Å². The lowest BCUT2D eigenvalue weighted by Gasteiger charge is -2.28. The molecule has 1 aliphatic carbocycles. The van der Waals surface area contributed by atoms with Crippen LogP contribution in [0.2, 0.25) is 18.6 Å². The molecule has 0 atom stereocenters. The highest BCUT2D eigenvalue weighted by molar-refractivity contribution is 6.72. The van der Waals surface area contributed by atoms with Gasteiger partial charge in [0.05, 0.1) is 5.57 Å². The number of carbonyl (C=O) groups excluding carboxylic acids is 2. The number of halogens is 1. The third kappa shape index (κ3) is 7.84. The van der Waals surface area contributed by atoms with E-state index in [-0.39, 0.29) is 35.7 Å². The van der Waals surface area contributed by atoms with Crippen molar-refractivity contribution in [3.8, 4) is 0 Å². The monoisotopic (exact) mass is 370 g/mol. The third-order valence-electron chi connectivity index (χ3n) is 5.20. The molecule has 5 heteroatoms. The molecule has 1 fully saturated rings. The minimum atomic E-state index is -3.00. The van der Waals surface area contributed by atoms with Crippen molar-refractivity contribution in [3.05, 3.63) is 11.3 Å². The van der Waals surface area contributed by atoms with Gasteiger partial charge in [-0.25, -0.2) is 0 Å². The highest BCUT2D eigenvalue weighted by atomic mass is 28.4. The van der Waals surface area contributed by atoms with E-state index in [1.807, 2.05) is 0 Å². The first-order valence-corrected chi connectivity index (χ1v) is 12.9. The fraction of sp³-hybridized carbons (Fsp3) is 0.800. The summed E-state index contributed by atoms with van der Waals surface area (Å²) in [4.78, 5) is 24.4. The Balaban J connectivity index is 2.34. The van der Waals surface area contributed by atoms with Crippen LogP contribution in [0, 0.1) is 0 Å². The Hall–Kier alpha value is -0.973. The second-order valence-corrected chi connectivity index (χ2v) is 11.9. The second-order valence-electron chi connectivity index (χ2n) is 7.92. The van der Waals surface area contributed by atoms with E-state index in [0.29, 0.717) is 6.42 Å². The van der Waals surface area contributed by atoms with Crippen LogP contribution in [0.4, 0.5) is 4.11 Å². The number of carbonyl (C=O) groups is 2. The molecule has 0 bridgehead atoms. The van der Waals surface area contributed by atoms with Gasteiger partial charge in [0.25, 0.3) is 0 Å². The molecule has 1 aliphatic rings. The zero-order valence-electron chi connectivity index (χ0n) is 16.2. The summed E-state index contributed by atoms with van der Waals surface area (Å²) < 4.78 is 14.1. The van der Waals surface area contributed by atoms with Gasteiger partial charge in [0.15, 0.2) is 11.6 Å². The fourth-order valence-electron chi connectivity index (χ4n) is 3.41. The molecule has 0 heterocycles. The van der Waals surface area contributed by atoms with Gasteiger partial charge in [0.2, 0.25) is 8.41 Å². The molecule has 25 heavy (non-hydrogen) atoms. The molecule has 0 unspecified atom stereocenters. The molecule has 1 rings (SSSR count). The van der Waals surface area contributed by atoms with E-state index in [9.17, 15) is 18.8 Å². The van der Waals surface area contributed by atoms with Crippen LogP contribution in [-0.4, -0.2) is 25.1 Å². The first-order chi connectivity index (χ1) is 11.8. The van der Waals surface area contributed by atoms with Gasteiger partial charge >= 0.3 is 0 Å². The molecule has 0 amide bonds. The summed E-state index contributed by atoms with van der Waals surface area (Å²) in [5.41, 5.74) is -0.495. The molecule has 0 saturated heterocycles. The van der Waals surface area contributed by atoms with Gasteiger partial charge in [-0.2, -0.15) is 0 Å². The van der Waals surface area contributed by atoms with Crippen molar-refractivity contribution in [1.82, 2.24) is 0 Å². The van der Waals surface area contributed by atoms with E-state index in [1.165, 1.54) is 51.6 Å². The largest absolute Gasteiger partial charge is 0.511 e. The maximum atomic E-state index is 14.1. The minimum Gasteiger partial charge on any atom is -0.511 e. The molecule has 0 aromatic carbocycles. The van der Waals surface area contributed by atoms with Crippen LogP contribution in [0.15, 0.2) is 11.3 Å². The van der Waals surface area contributed by atoms with Crippen molar-refractivity contribution < 1.29 is 18.8 Å². The van der Waals surface area contributed by atoms with Crippen LogP contribution in [0.5, 0.6) is 0 Å².